The largest absolute Gasteiger partial charge is 0.248 e. The molecule has 0 aliphatic carbocycles. The van der Waals surface area contributed by atoms with Crippen molar-refractivity contribution in [3.63, 3.8) is 0 Å². The van der Waals surface area contributed by atoms with E-state index in [2.05, 4.69) is 48.9 Å². The fourth-order valence-corrected chi connectivity index (χ4v) is 2.40. The Balaban J connectivity index is 3.46. The van der Waals surface area contributed by atoms with Crippen LogP contribution in [0.2, 0.25) is 0 Å². The van der Waals surface area contributed by atoms with E-state index in [1.165, 1.54) is 10.9 Å². The lowest BCUT2D eigenvalue weighted by Gasteiger charge is -2.08. The third-order valence-corrected chi connectivity index (χ3v) is 4.61. The molecule has 0 aromatic carbocycles. The number of aromatic nitrogens is 1. The molecule has 1 aromatic heterocycles. The Hall–Kier alpha value is 0.870. The van der Waals surface area contributed by atoms with E-state index in [0.29, 0.717) is 0 Å². The maximum absolute atomic E-state index is 4.33. The van der Waals surface area contributed by atoms with E-state index in [1.54, 1.807) is 0 Å². The quantitative estimate of drug-likeness (QED) is 0.533. The summed E-state index contributed by atoms with van der Waals surface area (Å²) in [4.78, 5) is 4.33. The Labute approximate surface area is 76.3 Å². The van der Waals surface area contributed by atoms with Gasteiger partial charge in [-0.05, 0) is 17.8 Å². The van der Waals surface area contributed by atoms with Crippen molar-refractivity contribution in [1.29, 1.82) is 0 Å². The van der Waals surface area contributed by atoms with Gasteiger partial charge in [0, 0.05) is 5.30 Å². The molecule has 0 radical (unpaired) electrons. The molecule has 1 nitrogen and oxygen atoms in total. The lowest BCUT2D eigenvalue weighted by Crippen LogP contribution is -2.34. The van der Waals surface area contributed by atoms with Gasteiger partial charge in [-0.1, -0.05) is 18.5 Å². The summed E-state index contributed by atoms with van der Waals surface area (Å²) in [5.41, 5.74) is 3.23. The molecule has 0 amide bonds. The SMILES string of the molecule is Cc1c(P)nc(P)c(P)c1P. The Morgan fingerprint density at radius 1 is 0.909 bits per heavy atom. The Bertz CT molecular complexity index is 271. The first-order valence-corrected chi connectivity index (χ1v) is 5.41. The van der Waals surface area contributed by atoms with Crippen LogP contribution < -0.4 is 21.5 Å². The average molecular weight is 221 g/mol. The zero-order chi connectivity index (χ0) is 8.59. The van der Waals surface area contributed by atoms with Crippen molar-refractivity contribution in [2.45, 2.75) is 6.92 Å². The summed E-state index contributed by atoms with van der Waals surface area (Å²) in [7, 11) is 10.7. The molecule has 1 rings (SSSR count). The van der Waals surface area contributed by atoms with Crippen LogP contribution in [0.4, 0.5) is 0 Å². The highest BCUT2D eigenvalue weighted by molar-refractivity contribution is 7.40. The topological polar surface area (TPSA) is 12.9 Å². The zero-order valence-electron chi connectivity index (χ0n) is 6.26. The third-order valence-electron chi connectivity index (χ3n) is 1.60. The predicted molar refractivity (Wildman–Crippen MR) is 66.4 cm³/mol. The van der Waals surface area contributed by atoms with E-state index in [-0.39, 0.29) is 0 Å². The minimum atomic E-state index is 0.996. The first kappa shape index (κ1) is 9.95. The fraction of sp³-hybridized carbons (Fsp3) is 0.167. The normalized spacial score (nSPS) is 10.3. The number of nitrogens with zero attached hydrogens (tertiary/aromatic N) is 1. The van der Waals surface area contributed by atoms with Crippen molar-refractivity contribution in [1.82, 2.24) is 4.98 Å². The van der Waals surface area contributed by atoms with Crippen molar-refractivity contribution in [3.05, 3.63) is 5.56 Å². The van der Waals surface area contributed by atoms with Crippen molar-refractivity contribution in [3.8, 4) is 0 Å². The highest BCUT2D eigenvalue weighted by Crippen LogP contribution is 1.99. The van der Waals surface area contributed by atoms with Crippen molar-refractivity contribution in [2.75, 3.05) is 0 Å². The second-order valence-corrected chi connectivity index (χ2v) is 4.58. The van der Waals surface area contributed by atoms with E-state index in [0.717, 1.165) is 16.2 Å². The fourth-order valence-electron chi connectivity index (χ4n) is 0.752. The van der Waals surface area contributed by atoms with Crippen LogP contribution in [-0.4, -0.2) is 4.98 Å². The van der Waals surface area contributed by atoms with E-state index < -0.39 is 0 Å². The van der Waals surface area contributed by atoms with Crippen molar-refractivity contribution < 1.29 is 0 Å². The van der Waals surface area contributed by atoms with Crippen LogP contribution in [0, 0.1) is 6.92 Å². The monoisotopic (exact) mass is 221 g/mol. The standard InChI is InChI=1S/C6H11NP4/c1-2-3(8)4(9)6(11)7-5(2)10/h8-11H2,1H3. The summed E-state index contributed by atoms with van der Waals surface area (Å²) in [6.07, 6.45) is 0. The molecule has 0 N–H and O–H groups in total. The van der Waals surface area contributed by atoms with Gasteiger partial charge in [-0.2, -0.15) is 0 Å². The van der Waals surface area contributed by atoms with E-state index in [1.807, 2.05) is 0 Å². The second-order valence-electron chi connectivity index (χ2n) is 2.33. The van der Waals surface area contributed by atoms with Crippen LogP contribution in [0.5, 0.6) is 0 Å². The molecular weight excluding hydrogens is 210 g/mol. The Kier molecular flexibility index (Phi) is 3.37. The third kappa shape index (κ3) is 1.96. The number of rotatable bonds is 0. The molecule has 0 aliphatic rings. The van der Waals surface area contributed by atoms with E-state index in [9.17, 15) is 0 Å². The highest BCUT2D eigenvalue weighted by Gasteiger charge is 2.04. The van der Waals surface area contributed by atoms with E-state index >= 15 is 0 Å². The van der Waals surface area contributed by atoms with Crippen LogP contribution in [0.25, 0.3) is 0 Å². The summed E-state index contributed by atoms with van der Waals surface area (Å²) in [6, 6.07) is 0. The number of pyridine rings is 1. The molecular formula is C6H11NP4. The van der Waals surface area contributed by atoms with Gasteiger partial charge in [0.05, 0.1) is 10.9 Å². The van der Waals surface area contributed by atoms with Crippen LogP contribution >= 0.6 is 37.0 Å². The molecule has 4 atom stereocenters. The molecule has 0 saturated heterocycles. The van der Waals surface area contributed by atoms with Gasteiger partial charge in [-0.15, -0.1) is 18.5 Å². The molecule has 4 unspecified atom stereocenters. The maximum atomic E-state index is 4.33. The van der Waals surface area contributed by atoms with Gasteiger partial charge < -0.3 is 0 Å². The van der Waals surface area contributed by atoms with Crippen molar-refractivity contribution in [2.24, 2.45) is 0 Å². The molecule has 1 heterocycles. The van der Waals surface area contributed by atoms with Gasteiger partial charge >= 0.3 is 0 Å². The van der Waals surface area contributed by atoms with Gasteiger partial charge in [0.15, 0.2) is 0 Å². The molecule has 0 saturated carbocycles. The predicted octanol–water partition coefficient (Wildman–Crippen LogP) is -0.608. The Morgan fingerprint density at radius 2 is 1.45 bits per heavy atom. The minimum Gasteiger partial charge on any atom is -0.248 e. The molecule has 11 heavy (non-hydrogen) atoms. The van der Waals surface area contributed by atoms with Crippen LogP contribution in [0.1, 0.15) is 5.56 Å². The van der Waals surface area contributed by atoms with Gasteiger partial charge in [0.1, 0.15) is 0 Å². The lowest BCUT2D eigenvalue weighted by atomic mass is 10.3. The smallest absolute Gasteiger partial charge is 0.0653 e. The molecule has 1 aromatic rings. The van der Waals surface area contributed by atoms with Gasteiger partial charge in [0.25, 0.3) is 0 Å². The maximum Gasteiger partial charge on any atom is 0.0653 e. The van der Waals surface area contributed by atoms with Gasteiger partial charge in [-0.25, -0.2) is 4.98 Å². The second kappa shape index (κ2) is 3.72. The molecule has 0 fully saturated rings. The number of hydrogen-bond donors (Lipinski definition) is 0. The van der Waals surface area contributed by atoms with Crippen molar-refractivity contribution >= 4 is 58.4 Å². The van der Waals surface area contributed by atoms with Crippen LogP contribution in [-0.2, 0) is 0 Å². The molecule has 0 bridgehead atoms. The lowest BCUT2D eigenvalue weighted by molar-refractivity contribution is 1.43. The average Bonchev–Trinajstić information content (AvgIpc) is 1.97. The molecule has 0 spiro atoms. The number of hydrogen-bond acceptors (Lipinski definition) is 1. The van der Waals surface area contributed by atoms with Gasteiger partial charge in [-0.3, -0.25) is 0 Å². The molecule has 0 aliphatic heterocycles. The molecule has 60 valence electrons. The summed E-state index contributed by atoms with van der Waals surface area (Å²) < 4.78 is 0. The summed E-state index contributed by atoms with van der Waals surface area (Å²) >= 11 is 0. The summed E-state index contributed by atoms with van der Waals surface area (Å²) in [5.74, 6) is 0. The molecule has 5 heteroatoms. The van der Waals surface area contributed by atoms with Crippen LogP contribution in [0.15, 0.2) is 0 Å². The first-order valence-electron chi connectivity index (χ1n) is 3.10. The summed E-state index contributed by atoms with van der Waals surface area (Å²) in [6.45, 7) is 2.06. The van der Waals surface area contributed by atoms with Gasteiger partial charge in [0.2, 0.25) is 0 Å². The first-order chi connectivity index (χ1) is 5.04. The zero-order valence-corrected chi connectivity index (χ0v) is 10.9. The Morgan fingerprint density at radius 3 is 2.00 bits per heavy atom. The highest BCUT2D eigenvalue weighted by atomic mass is 31.0. The minimum absolute atomic E-state index is 0.996. The summed E-state index contributed by atoms with van der Waals surface area (Å²) in [5, 5.41) is 2.38. The van der Waals surface area contributed by atoms with Crippen LogP contribution in [0.3, 0.4) is 0 Å². The van der Waals surface area contributed by atoms with E-state index in [4.69, 9.17) is 0 Å².